The van der Waals surface area contributed by atoms with Crippen molar-refractivity contribution in [1.29, 1.82) is 0 Å². The zero-order valence-electron chi connectivity index (χ0n) is 15.3. The summed E-state index contributed by atoms with van der Waals surface area (Å²) in [5.41, 5.74) is 3.34. The predicted molar refractivity (Wildman–Crippen MR) is 106 cm³/mol. The van der Waals surface area contributed by atoms with Crippen molar-refractivity contribution < 1.29 is 19.0 Å². The molecule has 2 aromatic rings. The second kappa shape index (κ2) is 7.46. The Bertz CT molecular complexity index is 921. The van der Waals surface area contributed by atoms with Gasteiger partial charge >= 0.3 is 0 Å². The minimum atomic E-state index is -0.0813. The number of ketones is 1. The largest absolute Gasteiger partial charge is 0.478 e. The van der Waals surface area contributed by atoms with Crippen LogP contribution in [0.5, 0.6) is 11.5 Å². The highest BCUT2D eigenvalue weighted by molar-refractivity contribution is 9.10. The van der Waals surface area contributed by atoms with Crippen molar-refractivity contribution in [3.8, 4) is 11.5 Å². The second-order valence-electron chi connectivity index (χ2n) is 6.68. The zero-order chi connectivity index (χ0) is 19.0. The molecule has 0 unspecified atom stereocenters. The van der Waals surface area contributed by atoms with Crippen molar-refractivity contribution in [1.82, 2.24) is 4.90 Å². The Hall–Kier alpha value is -2.15. The van der Waals surface area contributed by atoms with E-state index < -0.39 is 0 Å². The lowest BCUT2D eigenvalue weighted by Gasteiger charge is -2.29. The van der Waals surface area contributed by atoms with E-state index in [1.807, 2.05) is 37.3 Å². The topological polar surface area (TPSA) is 48.0 Å². The molecule has 0 bridgehead atoms. The van der Waals surface area contributed by atoms with Gasteiger partial charge in [-0.15, -0.1) is 0 Å². The molecule has 0 radical (unpaired) electrons. The maximum absolute atomic E-state index is 13.0. The number of hydrogen-bond acceptors (Lipinski definition) is 5. The molecule has 0 saturated carbocycles. The van der Waals surface area contributed by atoms with Crippen LogP contribution in [-0.2, 0) is 11.3 Å². The standard InChI is InChI=1S/C21H20BrNO4/c1-13-9-17-16(11-23(12-26-17)7-8-25-2)21-19(13)20(24)18(27-21)10-14-3-5-15(22)6-4-14/h3-6,9-10H,7-8,11-12H2,1-2H3/b18-10-. The molecule has 4 rings (SSSR count). The Morgan fingerprint density at radius 1 is 1.30 bits per heavy atom. The Kier molecular flexibility index (Phi) is 5.04. The van der Waals surface area contributed by atoms with Crippen molar-refractivity contribution in [3.05, 3.63) is 62.8 Å². The van der Waals surface area contributed by atoms with Crippen LogP contribution in [0.1, 0.15) is 27.0 Å². The van der Waals surface area contributed by atoms with Gasteiger partial charge < -0.3 is 14.2 Å². The van der Waals surface area contributed by atoms with E-state index in [4.69, 9.17) is 14.2 Å². The molecule has 0 spiro atoms. The number of aryl methyl sites for hydroxylation is 1. The van der Waals surface area contributed by atoms with E-state index in [9.17, 15) is 4.79 Å². The lowest BCUT2D eigenvalue weighted by Crippen LogP contribution is -2.34. The van der Waals surface area contributed by atoms with Gasteiger partial charge in [0.05, 0.1) is 17.7 Å². The van der Waals surface area contributed by atoms with E-state index in [0.29, 0.717) is 37.0 Å². The molecule has 0 N–H and O–H groups in total. The fourth-order valence-corrected chi connectivity index (χ4v) is 3.61. The third-order valence-electron chi connectivity index (χ3n) is 4.77. The number of benzene rings is 2. The fourth-order valence-electron chi connectivity index (χ4n) is 3.35. The molecule has 0 aliphatic carbocycles. The molecule has 6 heteroatoms. The zero-order valence-corrected chi connectivity index (χ0v) is 16.8. The quantitative estimate of drug-likeness (QED) is 0.682. The Morgan fingerprint density at radius 3 is 2.81 bits per heavy atom. The smallest absolute Gasteiger partial charge is 0.232 e. The van der Waals surface area contributed by atoms with Gasteiger partial charge in [-0.25, -0.2) is 0 Å². The lowest BCUT2D eigenvalue weighted by atomic mass is 9.98. The van der Waals surface area contributed by atoms with Crippen molar-refractivity contribution in [2.75, 3.05) is 27.0 Å². The molecule has 0 saturated heterocycles. The monoisotopic (exact) mass is 429 g/mol. The number of ether oxygens (including phenoxy) is 3. The molecule has 0 fully saturated rings. The van der Waals surface area contributed by atoms with Crippen LogP contribution in [0.25, 0.3) is 6.08 Å². The molecule has 2 aliphatic heterocycles. The van der Waals surface area contributed by atoms with Crippen LogP contribution in [0.2, 0.25) is 0 Å². The van der Waals surface area contributed by atoms with Crippen molar-refractivity contribution in [2.45, 2.75) is 13.5 Å². The summed E-state index contributed by atoms with van der Waals surface area (Å²) in [6.45, 7) is 4.48. The molecule has 0 atom stereocenters. The van der Waals surface area contributed by atoms with E-state index in [0.717, 1.165) is 33.5 Å². The number of allylic oxidation sites excluding steroid dienone is 1. The molecule has 2 aliphatic rings. The van der Waals surface area contributed by atoms with Gasteiger partial charge in [-0.05, 0) is 42.3 Å². The van der Waals surface area contributed by atoms with Gasteiger partial charge in [-0.1, -0.05) is 28.1 Å². The van der Waals surface area contributed by atoms with Crippen LogP contribution in [0, 0.1) is 6.92 Å². The molecular weight excluding hydrogens is 410 g/mol. The predicted octanol–water partition coefficient (Wildman–Crippen LogP) is 4.17. The first-order valence-electron chi connectivity index (χ1n) is 8.77. The van der Waals surface area contributed by atoms with Crippen LogP contribution >= 0.6 is 15.9 Å². The van der Waals surface area contributed by atoms with E-state index in [1.165, 1.54) is 0 Å². The maximum Gasteiger partial charge on any atom is 0.232 e. The summed E-state index contributed by atoms with van der Waals surface area (Å²) in [4.78, 5) is 15.1. The highest BCUT2D eigenvalue weighted by Gasteiger charge is 2.35. The van der Waals surface area contributed by atoms with Crippen LogP contribution in [0.4, 0.5) is 0 Å². The summed E-state index contributed by atoms with van der Waals surface area (Å²) < 4.78 is 18.1. The van der Waals surface area contributed by atoms with Crippen molar-refractivity contribution in [3.63, 3.8) is 0 Å². The van der Waals surface area contributed by atoms with Gasteiger partial charge in [0.2, 0.25) is 5.78 Å². The summed E-state index contributed by atoms with van der Waals surface area (Å²) in [5.74, 6) is 1.68. The highest BCUT2D eigenvalue weighted by atomic mass is 79.9. The number of methoxy groups -OCH3 is 1. The van der Waals surface area contributed by atoms with Gasteiger partial charge in [0.1, 0.15) is 18.2 Å². The van der Waals surface area contributed by atoms with E-state index in [2.05, 4.69) is 20.8 Å². The first-order valence-corrected chi connectivity index (χ1v) is 9.56. The van der Waals surface area contributed by atoms with Crippen molar-refractivity contribution in [2.24, 2.45) is 0 Å². The summed E-state index contributed by atoms with van der Waals surface area (Å²) in [6, 6.07) is 9.69. The summed E-state index contributed by atoms with van der Waals surface area (Å²) in [7, 11) is 1.68. The molecule has 5 nitrogen and oxygen atoms in total. The van der Waals surface area contributed by atoms with Gasteiger partial charge in [0.25, 0.3) is 0 Å². The van der Waals surface area contributed by atoms with Gasteiger partial charge in [0.15, 0.2) is 5.76 Å². The van der Waals surface area contributed by atoms with Crippen LogP contribution in [0.3, 0.4) is 0 Å². The summed E-state index contributed by atoms with van der Waals surface area (Å²) >= 11 is 3.42. The van der Waals surface area contributed by atoms with Crippen LogP contribution < -0.4 is 9.47 Å². The van der Waals surface area contributed by atoms with Crippen molar-refractivity contribution >= 4 is 27.8 Å². The number of fused-ring (bicyclic) bond motifs is 3. The number of halogens is 1. The molecule has 2 heterocycles. The van der Waals surface area contributed by atoms with Gasteiger partial charge in [-0.3, -0.25) is 9.69 Å². The number of nitrogens with zero attached hydrogens (tertiary/aromatic N) is 1. The van der Waals surface area contributed by atoms with Gasteiger partial charge in [-0.2, -0.15) is 0 Å². The molecule has 0 aromatic heterocycles. The second-order valence-corrected chi connectivity index (χ2v) is 7.60. The first kappa shape index (κ1) is 18.2. The lowest BCUT2D eigenvalue weighted by molar-refractivity contribution is 0.0646. The molecule has 2 aromatic carbocycles. The van der Waals surface area contributed by atoms with Crippen LogP contribution in [-0.4, -0.2) is 37.7 Å². The normalized spacial score (nSPS) is 17.4. The fraction of sp³-hybridized carbons (Fsp3) is 0.286. The highest BCUT2D eigenvalue weighted by Crippen LogP contribution is 2.44. The van der Waals surface area contributed by atoms with E-state index in [-0.39, 0.29) is 5.78 Å². The Morgan fingerprint density at radius 2 is 2.07 bits per heavy atom. The molecule has 27 heavy (non-hydrogen) atoms. The summed E-state index contributed by atoms with van der Waals surface area (Å²) in [6.07, 6.45) is 1.78. The summed E-state index contributed by atoms with van der Waals surface area (Å²) in [5, 5.41) is 0. The number of hydrogen-bond donors (Lipinski definition) is 0. The van der Waals surface area contributed by atoms with Gasteiger partial charge in [0, 0.05) is 24.7 Å². The van der Waals surface area contributed by atoms with E-state index >= 15 is 0 Å². The molecular formula is C21H20BrNO4. The molecule has 140 valence electrons. The number of rotatable bonds is 4. The SMILES string of the molecule is COCCN1COc2cc(C)c3c(c2C1)O/C(=C\c1ccc(Br)cc1)C3=O. The Balaban J connectivity index is 1.68. The number of carbonyl (C=O) groups is 1. The number of Topliss-reactive ketones (excluding diaryl/α,β-unsaturated/α-hetero) is 1. The molecule has 0 amide bonds. The minimum Gasteiger partial charge on any atom is -0.478 e. The first-order chi connectivity index (χ1) is 13.1. The third kappa shape index (κ3) is 3.52. The Labute approximate surface area is 166 Å². The number of carbonyl (C=O) groups excluding carboxylic acids is 1. The minimum absolute atomic E-state index is 0.0813. The van der Waals surface area contributed by atoms with E-state index in [1.54, 1.807) is 13.2 Å². The average molecular weight is 430 g/mol. The maximum atomic E-state index is 13.0. The third-order valence-corrected chi connectivity index (χ3v) is 5.30. The van der Waals surface area contributed by atoms with Crippen LogP contribution in [0.15, 0.2) is 40.6 Å². The average Bonchev–Trinajstić information content (AvgIpc) is 2.99.